The minimum atomic E-state index is -0.535. The second kappa shape index (κ2) is 12.8. The summed E-state index contributed by atoms with van der Waals surface area (Å²) in [5.41, 5.74) is 3.44. The van der Waals surface area contributed by atoms with Crippen molar-refractivity contribution in [3.8, 4) is 11.5 Å². The lowest BCUT2D eigenvalue weighted by Crippen LogP contribution is -2.34. The van der Waals surface area contributed by atoms with Gasteiger partial charge < -0.3 is 14.8 Å². The Morgan fingerprint density at radius 3 is 2.39 bits per heavy atom. The number of rotatable bonds is 10. The van der Waals surface area contributed by atoms with Crippen LogP contribution < -0.4 is 20.2 Å². The van der Waals surface area contributed by atoms with E-state index in [2.05, 4.69) is 15.8 Å². The normalized spacial score (nSPS) is 10.9. The lowest BCUT2D eigenvalue weighted by atomic mass is 10.2. The van der Waals surface area contributed by atoms with Gasteiger partial charge in [0.1, 0.15) is 16.4 Å². The Bertz CT molecular complexity index is 1470. The number of esters is 1. The van der Waals surface area contributed by atoms with E-state index in [1.807, 2.05) is 31.2 Å². The molecule has 10 heteroatoms. The smallest absolute Gasteiger partial charge is 0.355 e. The van der Waals surface area contributed by atoms with Crippen LogP contribution >= 0.6 is 22.9 Å². The molecule has 3 aromatic carbocycles. The topological polar surface area (TPSA) is 106 Å². The number of carbonyl (C=O) groups is 3. The van der Waals surface area contributed by atoms with Crippen molar-refractivity contribution in [3.63, 3.8) is 0 Å². The molecule has 0 bridgehead atoms. The summed E-state index contributed by atoms with van der Waals surface area (Å²) in [6.07, 6.45) is 2.33. The highest BCUT2D eigenvalue weighted by Crippen LogP contribution is 2.35. The minimum absolute atomic E-state index is 0.237. The number of nitrogens with zero attached hydrogens (tertiary/aromatic N) is 1. The molecule has 2 amide bonds. The molecule has 0 atom stereocenters. The van der Waals surface area contributed by atoms with Crippen molar-refractivity contribution in [1.82, 2.24) is 10.7 Å². The molecule has 0 saturated carbocycles. The Hall–Kier alpha value is -4.21. The van der Waals surface area contributed by atoms with Crippen molar-refractivity contribution in [2.45, 2.75) is 13.3 Å². The SMILES string of the molecule is CCCOc1ccc(C(=O)NCC(=O)N/N=C\c2ccc(OC(=O)c3sc4ccccc4c3Cl)cc2)cc1. The predicted octanol–water partition coefficient (Wildman–Crippen LogP) is 5.44. The van der Waals surface area contributed by atoms with Gasteiger partial charge in [-0.05, 0) is 66.6 Å². The Balaban J connectivity index is 1.23. The first kappa shape index (κ1) is 26.8. The zero-order valence-corrected chi connectivity index (χ0v) is 22.0. The zero-order chi connectivity index (χ0) is 26.9. The van der Waals surface area contributed by atoms with E-state index in [9.17, 15) is 14.4 Å². The number of ether oxygens (including phenoxy) is 2. The van der Waals surface area contributed by atoms with Crippen LogP contribution in [-0.2, 0) is 4.79 Å². The van der Waals surface area contributed by atoms with Crippen LogP contribution in [0.2, 0.25) is 5.02 Å². The average molecular weight is 550 g/mol. The summed E-state index contributed by atoms with van der Waals surface area (Å²) in [5, 5.41) is 7.62. The first-order chi connectivity index (χ1) is 18.4. The molecule has 4 aromatic rings. The monoisotopic (exact) mass is 549 g/mol. The number of hydrogen-bond acceptors (Lipinski definition) is 7. The summed E-state index contributed by atoms with van der Waals surface area (Å²) in [5.74, 6) is -0.371. The first-order valence-corrected chi connectivity index (χ1v) is 13.0. The van der Waals surface area contributed by atoms with E-state index in [1.165, 1.54) is 17.6 Å². The van der Waals surface area contributed by atoms with Gasteiger partial charge in [0.05, 0.1) is 24.4 Å². The number of benzene rings is 3. The second-order valence-electron chi connectivity index (χ2n) is 8.05. The maximum absolute atomic E-state index is 12.6. The molecule has 0 radical (unpaired) electrons. The first-order valence-electron chi connectivity index (χ1n) is 11.8. The number of hydrazone groups is 1. The van der Waals surface area contributed by atoms with Crippen molar-refractivity contribution in [3.05, 3.63) is 93.8 Å². The number of carbonyl (C=O) groups excluding carboxylic acids is 3. The summed E-state index contributed by atoms with van der Waals surface area (Å²) in [7, 11) is 0. The summed E-state index contributed by atoms with van der Waals surface area (Å²) in [6, 6.07) is 20.8. The molecule has 38 heavy (non-hydrogen) atoms. The van der Waals surface area contributed by atoms with Gasteiger partial charge in [0.2, 0.25) is 0 Å². The summed E-state index contributed by atoms with van der Waals surface area (Å²) in [4.78, 5) is 37.2. The third-order valence-electron chi connectivity index (χ3n) is 5.21. The van der Waals surface area contributed by atoms with Gasteiger partial charge in [-0.2, -0.15) is 5.10 Å². The van der Waals surface area contributed by atoms with E-state index in [0.717, 1.165) is 16.5 Å². The molecule has 0 aliphatic carbocycles. The number of fused-ring (bicyclic) bond motifs is 1. The molecule has 0 unspecified atom stereocenters. The van der Waals surface area contributed by atoms with Crippen LogP contribution in [0.1, 0.15) is 38.9 Å². The molecule has 0 spiro atoms. The molecule has 8 nitrogen and oxygen atoms in total. The van der Waals surface area contributed by atoms with Crippen LogP contribution in [0, 0.1) is 0 Å². The summed E-state index contributed by atoms with van der Waals surface area (Å²) in [6.45, 7) is 2.38. The average Bonchev–Trinajstić information content (AvgIpc) is 3.28. The number of nitrogens with one attached hydrogen (secondary N) is 2. The molecule has 0 saturated heterocycles. The lowest BCUT2D eigenvalue weighted by Gasteiger charge is -2.07. The van der Waals surface area contributed by atoms with Gasteiger partial charge in [-0.1, -0.05) is 36.7 Å². The van der Waals surface area contributed by atoms with E-state index >= 15 is 0 Å². The lowest BCUT2D eigenvalue weighted by molar-refractivity contribution is -0.120. The molecular weight excluding hydrogens is 526 g/mol. The van der Waals surface area contributed by atoms with Gasteiger partial charge in [-0.15, -0.1) is 11.3 Å². The minimum Gasteiger partial charge on any atom is -0.494 e. The van der Waals surface area contributed by atoms with Crippen LogP contribution in [0.15, 0.2) is 77.9 Å². The van der Waals surface area contributed by atoms with Gasteiger partial charge >= 0.3 is 5.97 Å². The van der Waals surface area contributed by atoms with Crippen molar-refractivity contribution in [2.24, 2.45) is 5.10 Å². The van der Waals surface area contributed by atoms with Crippen LogP contribution in [0.25, 0.3) is 10.1 Å². The van der Waals surface area contributed by atoms with Crippen LogP contribution in [-0.4, -0.2) is 37.1 Å². The number of thiophene rings is 1. The fourth-order valence-corrected chi connectivity index (χ4v) is 4.71. The summed E-state index contributed by atoms with van der Waals surface area (Å²) >= 11 is 7.62. The van der Waals surface area contributed by atoms with Crippen LogP contribution in [0.3, 0.4) is 0 Å². The Labute approximate surface area is 228 Å². The van der Waals surface area contributed by atoms with Crippen molar-refractivity contribution in [1.29, 1.82) is 0 Å². The molecule has 4 rings (SSSR count). The predicted molar refractivity (Wildman–Crippen MR) is 149 cm³/mol. The molecule has 0 fully saturated rings. The van der Waals surface area contributed by atoms with Crippen molar-refractivity contribution < 1.29 is 23.9 Å². The highest BCUT2D eigenvalue weighted by Gasteiger charge is 2.19. The van der Waals surface area contributed by atoms with Gasteiger partial charge in [-0.3, -0.25) is 9.59 Å². The largest absolute Gasteiger partial charge is 0.494 e. The molecular formula is C28H24ClN3O5S. The van der Waals surface area contributed by atoms with E-state index in [-0.39, 0.29) is 12.5 Å². The van der Waals surface area contributed by atoms with Gasteiger partial charge in [0, 0.05) is 15.6 Å². The Morgan fingerprint density at radius 2 is 1.68 bits per heavy atom. The molecule has 2 N–H and O–H groups in total. The summed E-state index contributed by atoms with van der Waals surface area (Å²) < 4.78 is 11.8. The van der Waals surface area contributed by atoms with Crippen LogP contribution in [0.5, 0.6) is 11.5 Å². The van der Waals surface area contributed by atoms with E-state index in [4.69, 9.17) is 21.1 Å². The number of hydrogen-bond donors (Lipinski definition) is 2. The highest BCUT2D eigenvalue weighted by molar-refractivity contribution is 7.21. The number of halogens is 1. The van der Waals surface area contributed by atoms with E-state index < -0.39 is 11.9 Å². The van der Waals surface area contributed by atoms with E-state index in [0.29, 0.717) is 39.1 Å². The van der Waals surface area contributed by atoms with Crippen molar-refractivity contribution in [2.75, 3.05) is 13.2 Å². The quantitative estimate of drug-likeness (QED) is 0.118. The maximum atomic E-state index is 12.6. The molecule has 0 aliphatic rings. The Kier molecular flexibility index (Phi) is 9.07. The fraction of sp³-hybridized carbons (Fsp3) is 0.143. The fourth-order valence-electron chi connectivity index (χ4n) is 3.32. The molecule has 194 valence electrons. The van der Waals surface area contributed by atoms with E-state index in [1.54, 1.807) is 48.5 Å². The second-order valence-corrected chi connectivity index (χ2v) is 9.48. The molecule has 1 heterocycles. The van der Waals surface area contributed by atoms with Crippen molar-refractivity contribution >= 4 is 57.0 Å². The highest BCUT2D eigenvalue weighted by atomic mass is 35.5. The number of amides is 2. The van der Waals surface area contributed by atoms with Gasteiger partial charge in [0.25, 0.3) is 11.8 Å². The van der Waals surface area contributed by atoms with Crippen LogP contribution in [0.4, 0.5) is 0 Å². The Morgan fingerprint density at radius 1 is 0.974 bits per heavy atom. The maximum Gasteiger partial charge on any atom is 0.355 e. The van der Waals surface area contributed by atoms with Gasteiger partial charge in [0.15, 0.2) is 0 Å². The molecule has 1 aromatic heterocycles. The third-order valence-corrected chi connectivity index (χ3v) is 6.87. The third kappa shape index (κ3) is 6.96. The van der Waals surface area contributed by atoms with Gasteiger partial charge in [-0.25, -0.2) is 10.2 Å². The standard InChI is InChI=1S/C28H24ClN3O5S/c1-2-15-36-20-13-9-19(10-14-20)27(34)30-17-24(33)32-31-16-18-7-11-21(12-8-18)37-28(35)26-25(29)22-5-3-4-6-23(22)38-26/h3-14,16H,2,15,17H2,1H3,(H,30,34)(H,32,33)/b31-16-. The molecule has 0 aliphatic heterocycles. The zero-order valence-electron chi connectivity index (χ0n) is 20.4.